The summed E-state index contributed by atoms with van der Waals surface area (Å²) in [6.07, 6.45) is 6.44. The number of rotatable bonds is 11. The summed E-state index contributed by atoms with van der Waals surface area (Å²) in [5, 5.41) is 8.04. The second kappa shape index (κ2) is 12.5. The van der Waals surface area contributed by atoms with Crippen LogP contribution < -0.4 is 10.6 Å². The van der Waals surface area contributed by atoms with Gasteiger partial charge in [-0.15, -0.1) is 0 Å². The first-order valence-corrected chi connectivity index (χ1v) is 11.1. The third-order valence-electron chi connectivity index (χ3n) is 5.30. The maximum atomic E-state index is 5.83. The fourth-order valence-corrected chi connectivity index (χ4v) is 3.65. The number of guanidine groups is 1. The van der Waals surface area contributed by atoms with Crippen molar-refractivity contribution in [2.24, 2.45) is 10.9 Å². The largest absolute Gasteiger partial charge is 0.381 e. The maximum Gasteiger partial charge on any atom is 0.191 e. The van der Waals surface area contributed by atoms with Crippen molar-refractivity contribution in [2.45, 2.75) is 39.2 Å². The lowest BCUT2D eigenvalue weighted by Gasteiger charge is -2.21. The van der Waals surface area contributed by atoms with Crippen molar-refractivity contribution in [1.82, 2.24) is 15.2 Å². The molecule has 0 radical (unpaired) electrons. The van der Waals surface area contributed by atoms with E-state index in [4.69, 9.17) is 14.5 Å². The molecule has 1 aliphatic heterocycles. The van der Waals surface area contributed by atoms with Crippen LogP contribution in [0, 0.1) is 5.92 Å². The number of ether oxygens (including phenoxy) is 2. The molecule has 6 heteroatoms. The number of nitrogens with one attached hydrogen (secondary N) is 2. The lowest BCUT2D eigenvalue weighted by atomic mass is 10.0. The summed E-state index contributed by atoms with van der Waals surface area (Å²) in [4.78, 5) is 4.71. The molecule has 0 amide bonds. The first-order valence-electron chi connectivity index (χ1n) is 11.1. The Morgan fingerprint density at radius 3 is 2.90 bits per heavy atom. The van der Waals surface area contributed by atoms with Gasteiger partial charge < -0.3 is 24.7 Å². The Hall–Kier alpha value is -2.05. The van der Waals surface area contributed by atoms with E-state index >= 15 is 0 Å². The monoisotopic (exact) mass is 400 g/mol. The van der Waals surface area contributed by atoms with Crippen molar-refractivity contribution >= 4 is 16.9 Å². The quantitative estimate of drug-likeness (QED) is 0.345. The predicted molar refractivity (Wildman–Crippen MR) is 120 cm³/mol. The summed E-state index contributed by atoms with van der Waals surface area (Å²) in [5.41, 5.74) is 1.29. The van der Waals surface area contributed by atoms with Gasteiger partial charge in [0.2, 0.25) is 0 Å². The fraction of sp³-hybridized carbons (Fsp3) is 0.609. The molecule has 29 heavy (non-hydrogen) atoms. The summed E-state index contributed by atoms with van der Waals surface area (Å²) < 4.78 is 13.5. The first kappa shape index (κ1) is 21.7. The van der Waals surface area contributed by atoms with Crippen LogP contribution >= 0.6 is 0 Å². The number of aliphatic imine (C=N–C) groups is 1. The Morgan fingerprint density at radius 1 is 1.17 bits per heavy atom. The van der Waals surface area contributed by atoms with E-state index < -0.39 is 0 Å². The predicted octanol–water partition coefficient (Wildman–Crippen LogP) is 3.42. The molecule has 1 aromatic heterocycles. The summed E-state index contributed by atoms with van der Waals surface area (Å²) >= 11 is 0. The van der Waals surface area contributed by atoms with Crippen LogP contribution in [-0.2, 0) is 16.0 Å². The van der Waals surface area contributed by atoms with E-state index in [1.165, 1.54) is 10.9 Å². The number of hydrogen-bond donors (Lipinski definition) is 2. The maximum absolute atomic E-state index is 5.83. The lowest BCUT2D eigenvalue weighted by molar-refractivity contribution is 0.0203. The Morgan fingerprint density at radius 2 is 2.03 bits per heavy atom. The Bertz CT molecular complexity index is 737. The zero-order valence-corrected chi connectivity index (χ0v) is 17.7. The van der Waals surface area contributed by atoms with Crippen LogP contribution in [0.15, 0.2) is 41.5 Å². The molecular weight excluding hydrogens is 364 g/mol. The van der Waals surface area contributed by atoms with Crippen molar-refractivity contribution in [1.29, 1.82) is 0 Å². The number of para-hydroxylation sites is 1. The second-order valence-electron chi connectivity index (χ2n) is 7.59. The average Bonchev–Trinajstić information content (AvgIpc) is 3.17. The smallest absolute Gasteiger partial charge is 0.191 e. The van der Waals surface area contributed by atoms with Gasteiger partial charge in [0.05, 0.1) is 0 Å². The van der Waals surface area contributed by atoms with E-state index in [0.717, 1.165) is 84.2 Å². The van der Waals surface area contributed by atoms with Crippen LogP contribution in [0.1, 0.15) is 32.6 Å². The van der Waals surface area contributed by atoms with Crippen molar-refractivity contribution in [2.75, 3.05) is 46.1 Å². The van der Waals surface area contributed by atoms with Crippen molar-refractivity contribution in [3.63, 3.8) is 0 Å². The van der Waals surface area contributed by atoms with Gasteiger partial charge in [0.15, 0.2) is 5.96 Å². The highest BCUT2D eigenvalue weighted by molar-refractivity contribution is 5.80. The number of aromatic nitrogens is 1. The van der Waals surface area contributed by atoms with Crippen LogP contribution in [0.25, 0.3) is 10.9 Å². The fourth-order valence-electron chi connectivity index (χ4n) is 3.65. The van der Waals surface area contributed by atoms with E-state index in [2.05, 4.69) is 58.7 Å². The van der Waals surface area contributed by atoms with Crippen LogP contribution in [-0.4, -0.2) is 56.6 Å². The molecule has 0 aliphatic carbocycles. The molecule has 2 aromatic rings. The summed E-state index contributed by atoms with van der Waals surface area (Å²) in [6.45, 7) is 9.07. The Kier molecular flexibility index (Phi) is 9.33. The van der Waals surface area contributed by atoms with Gasteiger partial charge in [-0.2, -0.15) is 0 Å². The number of fused-ring (bicyclic) bond motifs is 1. The Balaban J connectivity index is 1.30. The third-order valence-corrected chi connectivity index (χ3v) is 5.30. The number of hydrogen-bond acceptors (Lipinski definition) is 3. The van der Waals surface area contributed by atoms with E-state index in [9.17, 15) is 0 Å². The highest BCUT2D eigenvalue weighted by Gasteiger charge is 2.13. The van der Waals surface area contributed by atoms with Gasteiger partial charge in [-0.3, -0.25) is 4.99 Å². The minimum absolute atomic E-state index is 0.674. The van der Waals surface area contributed by atoms with Gasteiger partial charge in [-0.1, -0.05) is 18.2 Å². The van der Waals surface area contributed by atoms with Gasteiger partial charge in [-0.25, -0.2) is 0 Å². The molecule has 3 rings (SSSR count). The van der Waals surface area contributed by atoms with E-state index in [0.29, 0.717) is 5.92 Å². The topological polar surface area (TPSA) is 59.8 Å². The van der Waals surface area contributed by atoms with Crippen molar-refractivity contribution < 1.29 is 9.47 Å². The normalized spacial score (nSPS) is 15.7. The second-order valence-corrected chi connectivity index (χ2v) is 7.59. The minimum atomic E-state index is 0.674. The van der Waals surface area contributed by atoms with Gasteiger partial charge in [-0.05, 0) is 56.0 Å². The summed E-state index contributed by atoms with van der Waals surface area (Å²) in [7, 11) is 0. The molecule has 0 spiro atoms. The molecule has 1 fully saturated rings. The molecule has 6 nitrogen and oxygen atoms in total. The SMILES string of the molecule is CCNC(=NCCCn1ccc2ccccc21)NCCCOCC1CCOCC1. The zero-order chi connectivity index (χ0) is 20.2. The van der Waals surface area contributed by atoms with Gasteiger partial charge >= 0.3 is 0 Å². The van der Waals surface area contributed by atoms with Crippen LogP contribution in [0.2, 0.25) is 0 Å². The molecule has 2 heterocycles. The minimum Gasteiger partial charge on any atom is -0.381 e. The lowest BCUT2D eigenvalue weighted by Crippen LogP contribution is -2.38. The molecule has 0 saturated carbocycles. The van der Waals surface area contributed by atoms with E-state index in [1.807, 2.05) is 0 Å². The molecule has 0 bridgehead atoms. The van der Waals surface area contributed by atoms with Gasteiger partial charge in [0.25, 0.3) is 0 Å². The highest BCUT2D eigenvalue weighted by atomic mass is 16.5. The summed E-state index contributed by atoms with van der Waals surface area (Å²) in [5.74, 6) is 1.57. The van der Waals surface area contributed by atoms with Crippen LogP contribution in [0.4, 0.5) is 0 Å². The van der Waals surface area contributed by atoms with Crippen molar-refractivity contribution in [3.05, 3.63) is 36.5 Å². The molecule has 0 unspecified atom stereocenters. The first-order chi connectivity index (χ1) is 14.4. The van der Waals surface area contributed by atoms with Crippen molar-refractivity contribution in [3.8, 4) is 0 Å². The molecule has 2 N–H and O–H groups in total. The molecule has 1 saturated heterocycles. The molecule has 160 valence electrons. The van der Waals surface area contributed by atoms with Gasteiger partial charge in [0, 0.05) is 64.3 Å². The molecule has 1 aromatic carbocycles. The van der Waals surface area contributed by atoms with Crippen LogP contribution in [0.3, 0.4) is 0 Å². The number of aryl methyl sites for hydroxylation is 1. The standard InChI is InChI=1S/C23H36N4O2/c1-2-24-23(26-13-6-16-29-19-20-10-17-28-18-11-20)25-12-5-14-27-15-9-21-7-3-4-8-22(21)27/h3-4,7-9,15,20H,2,5-6,10-14,16-19H2,1H3,(H2,24,25,26). The van der Waals surface area contributed by atoms with Gasteiger partial charge in [0.1, 0.15) is 0 Å². The van der Waals surface area contributed by atoms with E-state index in [-0.39, 0.29) is 0 Å². The van der Waals surface area contributed by atoms with E-state index in [1.54, 1.807) is 0 Å². The molecule has 1 aliphatic rings. The zero-order valence-electron chi connectivity index (χ0n) is 17.7. The highest BCUT2D eigenvalue weighted by Crippen LogP contribution is 2.15. The summed E-state index contributed by atoms with van der Waals surface area (Å²) in [6, 6.07) is 10.7. The average molecular weight is 401 g/mol. The third kappa shape index (κ3) is 7.37. The molecule has 0 atom stereocenters. The Labute approximate surface area is 174 Å². The van der Waals surface area contributed by atoms with Crippen LogP contribution in [0.5, 0.6) is 0 Å². The number of benzene rings is 1. The number of nitrogens with zero attached hydrogens (tertiary/aromatic N) is 2. The molecular formula is C23H36N4O2.